The van der Waals surface area contributed by atoms with Crippen molar-refractivity contribution in [3.8, 4) is 0 Å². The van der Waals surface area contributed by atoms with Crippen LogP contribution in [0, 0.1) is 6.92 Å². The van der Waals surface area contributed by atoms with Crippen molar-refractivity contribution in [1.29, 1.82) is 0 Å². The van der Waals surface area contributed by atoms with E-state index in [0.717, 1.165) is 5.69 Å². The zero-order valence-corrected chi connectivity index (χ0v) is 11.2. The van der Waals surface area contributed by atoms with Gasteiger partial charge in [0.05, 0.1) is 17.9 Å². The minimum atomic E-state index is -1.01. The number of aromatic nitrogens is 2. The van der Waals surface area contributed by atoms with Crippen LogP contribution in [0.5, 0.6) is 0 Å². The molecule has 7 heteroatoms. The number of hydrogen-bond donors (Lipinski definition) is 1. The lowest BCUT2D eigenvalue weighted by Gasteiger charge is -2.20. The number of hydrogen-bond acceptors (Lipinski definition) is 4. The molecule has 2 rings (SSSR count). The largest absolute Gasteiger partial charge is 0.480 e. The van der Waals surface area contributed by atoms with Crippen molar-refractivity contribution in [3.63, 3.8) is 0 Å². The predicted octanol–water partition coefficient (Wildman–Crippen LogP) is 0.0426. The lowest BCUT2D eigenvalue weighted by Crippen LogP contribution is -2.40. The van der Waals surface area contributed by atoms with Crippen molar-refractivity contribution >= 4 is 11.9 Å². The molecule has 1 amide bonds. The van der Waals surface area contributed by atoms with Crippen LogP contribution in [0.2, 0.25) is 0 Å². The third-order valence-corrected chi connectivity index (χ3v) is 3.61. The van der Waals surface area contributed by atoms with Crippen LogP contribution in [0.25, 0.3) is 0 Å². The molecular formula is C12H17N3O4. The molecule has 1 fully saturated rings. The number of methoxy groups -OCH3 is 1. The van der Waals surface area contributed by atoms with Crippen LogP contribution in [0.4, 0.5) is 0 Å². The summed E-state index contributed by atoms with van der Waals surface area (Å²) >= 11 is 0. The van der Waals surface area contributed by atoms with Crippen LogP contribution in [0.3, 0.4) is 0 Å². The van der Waals surface area contributed by atoms with E-state index in [2.05, 4.69) is 5.10 Å². The lowest BCUT2D eigenvalue weighted by molar-refractivity contribution is -0.141. The molecule has 1 saturated heterocycles. The third-order valence-electron chi connectivity index (χ3n) is 3.61. The van der Waals surface area contributed by atoms with Crippen molar-refractivity contribution in [3.05, 3.63) is 17.5 Å². The Morgan fingerprint density at radius 2 is 2.21 bits per heavy atom. The molecule has 0 radical (unpaired) electrons. The number of ether oxygens (including phenoxy) is 1. The highest BCUT2D eigenvalue weighted by Crippen LogP contribution is 2.23. The summed E-state index contributed by atoms with van der Waals surface area (Å²) in [5.74, 6) is -1.31. The highest BCUT2D eigenvalue weighted by atomic mass is 16.5. The van der Waals surface area contributed by atoms with Gasteiger partial charge in [0.1, 0.15) is 6.04 Å². The summed E-state index contributed by atoms with van der Waals surface area (Å²) in [6.07, 6.45) is 1.55. The quantitative estimate of drug-likeness (QED) is 0.836. The number of rotatable bonds is 3. The number of amides is 1. The monoisotopic (exact) mass is 267 g/mol. The predicted molar refractivity (Wildman–Crippen MR) is 65.8 cm³/mol. The summed E-state index contributed by atoms with van der Waals surface area (Å²) in [4.78, 5) is 25.0. The van der Waals surface area contributed by atoms with Crippen LogP contribution in [-0.4, -0.2) is 57.5 Å². The van der Waals surface area contributed by atoms with Gasteiger partial charge in [-0.2, -0.15) is 5.10 Å². The first-order valence-electron chi connectivity index (χ1n) is 6.00. The molecule has 1 aromatic rings. The maximum Gasteiger partial charge on any atom is 0.326 e. The molecule has 1 aromatic heterocycles. The fourth-order valence-corrected chi connectivity index (χ4v) is 2.29. The van der Waals surface area contributed by atoms with Gasteiger partial charge in [0.15, 0.2) is 0 Å². The number of likely N-dealkylation sites (tertiary alicyclic amines) is 1. The van der Waals surface area contributed by atoms with Crippen molar-refractivity contribution in [1.82, 2.24) is 14.7 Å². The molecule has 104 valence electrons. The Labute approximate surface area is 110 Å². The number of aliphatic carboxylic acids is 1. The SMILES string of the molecule is COC1CC(C(=O)O)N(C(=O)c2cnn(C)c2C)C1. The topological polar surface area (TPSA) is 84.7 Å². The molecule has 1 aliphatic heterocycles. The summed E-state index contributed by atoms with van der Waals surface area (Å²) in [5.41, 5.74) is 1.15. The van der Waals surface area contributed by atoms with Crippen molar-refractivity contribution in [2.24, 2.45) is 7.05 Å². The Kier molecular flexibility index (Phi) is 3.57. The van der Waals surface area contributed by atoms with Gasteiger partial charge in [-0.1, -0.05) is 0 Å². The van der Waals surface area contributed by atoms with Gasteiger partial charge in [-0.05, 0) is 6.92 Å². The van der Waals surface area contributed by atoms with E-state index in [-0.39, 0.29) is 12.0 Å². The Bertz CT molecular complexity index is 511. The maximum absolute atomic E-state index is 12.4. The number of carbonyl (C=O) groups is 2. The molecule has 1 aliphatic rings. The van der Waals surface area contributed by atoms with Crippen molar-refractivity contribution in [2.45, 2.75) is 25.5 Å². The number of carbonyl (C=O) groups excluding carboxylic acids is 1. The zero-order valence-electron chi connectivity index (χ0n) is 11.2. The average Bonchev–Trinajstić information content (AvgIpc) is 2.94. The first-order chi connectivity index (χ1) is 8.95. The summed E-state index contributed by atoms with van der Waals surface area (Å²) in [6.45, 7) is 2.07. The van der Waals surface area contributed by atoms with Gasteiger partial charge >= 0.3 is 5.97 Å². The van der Waals surface area contributed by atoms with Crippen LogP contribution in [-0.2, 0) is 16.6 Å². The Morgan fingerprint density at radius 1 is 1.53 bits per heavy atom. The van der Waals surface area contributed by atoms with Gasteiger partial charge < -0.3 is 14.7 Å². The number of carboxylic acids is 1. The molecule has 19 heavy (non-hydrogen) atoms. The van der Waals surface area contributed by atoms with E-state index in [4.69, 9.17) is 4.74 Å². The van der Waals surface area contributed by atoms with E-state index in [1.165, 1.54) is 18.2 Å². The minimum Gasteiger partial charge on any atom is -0.480 e. The van der Waals surface area contributed by atoms with E-state index >= 15 is 0 Å². The molecular weight excluding hydrogens is 250 g/mol. The summed E-state index contributed by atoms with van der Waals surface area (Å²) in [6, 6.07) is -0.836. The van der Waals surface area contributed by atoms with Gasteiger partial charge in [0, 0.05) is 32.8 Å². The fourth-order valence-electron chi connectivity index (χ4n) is 2.29. The molecule has 0 aliphatic carbocycles. The van der Waals surface area contributed by atoms with Gasteiger partial charge in [-0.3, -0.25) is 9.48 Å². The Hall–Kier alpha value is -1.89. The van der Waals surface area contributed by atoms with Crippen molar-refractivity contribution < 1.29 is 19.4 Å². The first kappa shape index (κ1) is 13.5. The molecule has 2 heterocycles. The number of carboxylic acid groups (broad SMARTS) is 1. The second kappa shape index (κ2) is 5.00. The highest BCUT2D eigenvalue weighted by molar-refractivity contribution is 5.97. The van der Waals surface area contributed by atoms with Crippen LogP contribution >= 0.6 is 0 Å². The Morgan fingerprint density at radius 3 is 2.68 bits per heavy atom. The van der Waals surface area contributed by atoms with E-state index in [0.29, 0.717) is 18.5 Å². The lowest BCUT2D eigenvalue weighted by atomic mass is 10.2. The van der Waals surface area contributed by atoms with Crippen LogP contribution < -0.4 is 0 Å². The van der Waals surface area contributed by atoms with E-state index in [1.54, 1.807) is 18.7 Å². The van der Waals surface area contributed by atoms with Crippen LogP contribution in [0.15, 0.2) is 6.20 Å². The highest BCUT2D eigenvalue weighted by Gasteiger charge is 2.40. The number of aryl methyl sites for hydroxylation is 1. The molecule has 0 saturated carbocycles. The smallest absolute Gasteiger partial charge is 0.326 e. The van der Waals surface area contributed by atoms with Gasteiger partial charge in [-0.25, -0.2) is 4.79 Å². The molecule has 2 unspecified atom stereocenters. The molecule has 0 spiro atoms. The Balaban J connectivity index is 2.26. The zero-order chi connectivity index (χ0) is 14.2. The number of nitrogens with zero attached hydrogens (tertiary/aromatic N) is 3. The van der Waals surface area contributed by atoms with Crippen molar-refractivity contribution in [2.75, 3.05) is 13.7 Å². The normalized spacial score (nSPS) is 22.8. The summed E-state index contributed by atoms with van der Waals surface area (Å²) < 4.78 is 6.76. The second-order valence-corrected chi connectivity index (χ2v) is 4.67. The molecule has 2 atom stereocenters. The molecule has 7 nitrogen and oxygen atoms in total. The fraction of sp³-hybridized carbons (Fsp3) is 0.583. The third kappa shape index (κ3) is 2.33. The summed E-state index contributed by atoms with van der Waals surface area (Å²) in [7, 11) is 3.26. The first-order valence-corrected chi connectivity index (χ1v) is 6.00. The van der Waals surface area contributed by atoms with Gasteiger partial charge in [-0.15, -0.1) is 0 Å². The minimum absolute atomic E-state index is 0.234. The standard InChI is InChI=1S/C12H17N3O4/c1-7-9(5-13-14(7)2)11(16)15-6-8(19-3)4-10(15)12(17)18/h5,8,10H,4,6H2,1-3H3,(H,17,18). The molecule has 0 bridgehead atoms. The van der Waals surface area contributed by atoms with Crippen LogP contribution in [0.1, 0.15) is 22.5 Å². The summed E-state index contributed by atoms with van der Waals surface area (Å²) in [5, 5.41) is 13.2. The van der Waals surface area contributed by atoms with E-state index < -0.39 is 12.0 Å². The molecule has 1 N–H and O–H groups in total. The second-order valence-electron chi connectivity index (χ2n) is 4.67. The van der Waals surface area contributed by atoms with Gasteiger partial charge in [0.25, 0.3) is 5.91 Å². The molecule has 0 aromatic carbocycles. The van der Waals surface area contributed by atoms with E-state index in [1.807, 2.05) is 0 Å². The van der Waals surface area contributed by atoms with Gasteiger partial charge in [0.2, 0.25) is 0 Å². The van der Waals surface area contributed by atoms with E-state index in [9.17, 15) is 14.7 Å². The average molecular weight is 267 g/mol. The maximum atomic E-state index is 12.4.